The average molecular weight is 288 g/mol. The Morgan fingerprint density at radius 3 is 2.71 bits per heavy atom. The molecular formula is C17H28N4. The molecule has 0 aromatic carbocycles. The first kappa shape index (κ1) is 15.8. The molecule has 2 heterocycles. The Morgan fingerprint density at radius 2 is 2.00 bits per heavy atom. The van der Waals surface area contributed by atoms with Gasteiger partial charge in [-0.1, -0.05) is 13.8 Å². The van der Waals surface area contributed by atoms with E-state index < -0.39 is 0 Å². The van der Waals surface area contributed by atoms with Gasteiger partial charge in [-0.2, -0.15) is 5.10 Å². The standard InChI is InChI=1S/C17H28N4/c1-5-10-18-15(4)17-8-7-11-20(17)13-16-9-12-21(19-16)14(3)6-2/h7-9,11-12,14-15,18H,5-6,10,13H2,1-4H3. The van der Waals surface area contributed by atoms with Crippen molar-refractivity contribution in [1.82, 2.24) is 19.7 Å². The van der Waals surface area contributed by atoms with E-state index in [9.17, 15) is 0 Å². The maximum atomic E-state index is 4.69. The molecule has 2 aromatic heterocycles. The van der Waals surface area contributed by atoms with Crippen molar-refractivity contribution in [1.29, 1.82) is 0 Å². The molecule has 4 nitrogen and oxygen atoms in total. The van der Waals surface area contributed by atoms with Gasteiger partial charge in [0.05, 0.1) is 12.2 Å². The molecule has 2 atom stereocenters. The van der Waals surface area contributed by atoms with E-state index in [2.05, 4.69) is 72.9 Å². The molecule has 0 aliphatic carbocycles. The zero-order valence-electron chi connectivity index (χ0n) is 13.7. The van der Waals surface area contributed by atoms with Crippen LogP contribution < -0.4 is 5.32 Å². The smallest absolute Gasteiger partial charge is 0.0821 e. The summed E-state index contributed by atoms with van der Waals surface area (Å²) in [4.78, 5) is 0. The average Bonchev–Trinajstić information content (AvgIpc) is 3.13. The first-order valence-electron chi connectivity index (χ1n) is 8.08. The molecule has 2 rings (SSSR count). The third-order valence-electron chi connectivity index (χ3n) is 4.05. The summed E-state index contributed by atoms with van der Waals surface area (Å²) in [7, 11) is 0. The molecule has 21 heavy (non-hydrogen) atoms. The summed E-state index contributed by atoms with van der Waals surface area (Å²) in [6, 6.07) is 7.27. The van der Waals surface area contributed by atoms with E-state index >= 15 is 0 Å². The van der Waals surface area contributed by atoms with Gasteiger partial charge in [0.1, 0.15) is 0 Å². The normalized spacial score (nSPS) is 14.3. The van der Waals surface area contributed by atoms with E-state index in [-0.39, 0.29) is 0 Å². The van der Waals surface area contributed by atoms with Crippen molar-refractivity contribution in [2.45, 2.75) is 59.2 Å². The van der Waals surface area contributed by atoms with Crippen LogP contribution in [0.2, 0.25) is 0 Å². The summed E-state index contributed by atoms with van der Waals surface area (Å²) in [5.74, 6) is 0. The maximum Gasteiger partial charge on any atom is 0.0821 e. The molecule has 0 saturated heterocycles. The Balaban J connectivity index is 2.06. The van der Waals surface area contributed by atoms with Crippen molar-refractivity contribution >= 4 is 0 Å². The lowest BCUT2D eigenvalue weighted by Crippen LogP contribution is -2.22. The Hall–Kier alpha value is -1.55. The van der Waals surface area contributed by atoms with Crippen molar-refractivity contribution in [3.8, 4) is 0 Å². The molecule has 1 N–H and O–H groups in total. The highest BCUT2D eigenvalue weighted by molar-refractivity contribution is 5.14. The quantitative estimate of drug-likeness (QED) is 0.802. The van der Waals surface area contributed by atoms with Gasteiger partial charge in [0.15, 0.2) is 0 Å². The fourth-order valence-corrected chi connectivity index (χ4v) is 2.50. The van der Waals surface area contributed by atoms with Gasteiger partial charge in [0.25, 0.3) is 0 Å². The summed E-state index contributed by atoms with van der Waals surface area (Å²) >= 11 is 0. The van der Waals surface area contributed by atoms with Crippen LogP contribution in [-0.4, -0.2) is 20.9 Å². The van der Waals surface area contributed by atoms with Gasteiger partial charge in [-0.3, -0.25) is 4.68 Å². The summed E-state index contributed by atoms with van der Waals surface area (Å²) in [5.41, 5.74) is 2.44. The summed E-state index contributed by atoms with van der Waals surface area (Å²) in [6.07, 6.45) is 6.49. The Kier molecular flexibility index (Phi) is 5.62. The highest BCUT2D eigenvalue weighted by Crippen LogP contribution is 2.16. The molecule has 4 heteroatoms. The molecule has 0 saturated carbocycles. The highest BCUT2D eigenvalue weighted by Gasteiger charge is 2.11. The number of aromatic nitrogens is 3. The lowest BCUT2D eigenvalue weighted by molar-refractivity contribution is 0.470. The first-order chi connectivity index (χ1) is 10.2. The van der Waals surface area contributed by atoms with E-state index in [4.69, 9.17) is 5.10 Å². The topological polar surface area (TPSA) is 34.8 Å². The minimum absolute atomic E-state index is 0.372. The molecule has 0 aliphatic heterocycles. The van der Waals surface area contributed by atoms with Crippen molar-refractivity contribution in [2.24, 2.45) is 0 Å². The number of hydrogen-bond acceptors (Lipinski definition) is 2. The van der Waals surface area contributed by atoms with Gasteiger partial charge >= 0.3 is 0 Å². The van der Waals surface area contributed by atoms with Crippen LogP contribution in [0.4, 0.5) is 0 Å². The molecule has 0 amide bonds. The van der Waals surface area contributed by atoms with Gasteiger partial charge in [-0.15, -0.1) is 0 Å². The van der Waals surface area contributed by atoms with Crippen LogP contribution in [0.3, 0.4) is 0 Å². The van der Waals surface area contributed by atoms with Gasteiger partial charge in [0, 0.05) is 30.2 Å². The van der Waals surface area contributed by atoms with Crippen LogP contribution in [0, 0.1) is 0 Å². The second kappa shape index (κ2) is 7.46. The van der Waals surface area contributed by atoms with E-state index in [1.54, 1.807) is 0 Å². The summed E-state index contributed by atoms with van der Waals surface area (Å²) < 4.78 is 4.36. The second-order valence-electron chi connectivity index (χ2n) is 5.78. The molecule has 0 radical (unpaired) electrons. The predicted octanol–water partition coefficient (Wildman–Crippen LogP) is 3.76. The largest absolute Gasteiger partial charge is 0.344 e. The zero-order chi connectivity index (χ0) is 15.2. The van der Waals surface area contributed by atoms with Crippen LogP contribution >= 0.6 is 0 Å². The van der Waals surface area contributed by atoms with Crippen molar-refractivity contribution in [2.75, 3.05) is 6.54 Å². The van der Waals surface area contributed by atoms with E-state index in [0.29, 0.717) is 12.1 Å². The van der Waals surface area contributed by atoms with Crippen molar-refractivity contribution in [3.63, 3.8) is 0 Å². The highest BCUT2D eigenvalue weighted by atomic mass is 15.3. The maximum absolute atomic E-state index is 4.69. The molecular weight excluding hydrogens is 260 g/mol. The Bertz CT molecular complexity index is 540. The lowest BCUT2D eigenvalue weighted by atomic mass is 10.2. The Labute approximate surface area is 128 Å². The van der Waals surface area contributed by atoms with E-state index in [1.807, 2.05) is 0 Å². The number of rotatable bonds is 8. The summed E-state index contributed by atoms with van der Waals surface area (Å²) in [6.45, 7) is 10.7. The minimum atomic E-state index is 0.372. The van der Waals surface area contributed by atoms with Crippen molar-refractivity contribution < 1.29 is 0 Å². The van der Waals surface area contributed by atoms with Crippen LogP contribution in [0.15, 0.2) is 30.6 Å². The van der Waals surface area contributed by atoms with Crippen LogP contribution in [0.1, 0.15) is 64.0 Å². The first-order valence-corrected chi connectivity index (χ1v) is 8.08. The number of nitrogens with one attached hydrogen (secondary N) is 1. The van der Waals surface area contributed by atoms with Gasteiger partial charge in [-0.05, 0) is 51.4 Å². The van der Waals surface area contributed by atoms with Crippen LogP contribution in [0.25, 0.3) is 0 Å². The minimum Gasteiger partial charge on any atom is -0.344 e. The molecule has 0 spiro atoms. The number of nitrogens with zero attached hydrogens (tertiary/aromatic N) is 3. The zero-order valence-corrected chi connectivity index (χ0v) is 13.7. The second-order valence-corrected chi connectivity index (χ2v) is 5.78. The SMILES string of the molecule is CCCNC(C)c1cccn1Cc1ccn(C(C)CC)n1. The van der Waals surface area contributed by atoms with Crippen LogP contribution in [0.5, 0.6) is 0 Å². The van der Waals surface area contributed by atoms with Gasteiger partial charge < -0.3 is 9.88 Å². The van der Waals surface area contributed by atoms with Gasteiger partial charge in [-0.25, -0.2) is 0 Å². The fourth-order valence-electron chi connectivity index (χ4n) is 2.50. The number of hydrogen-bond donors (Lipinski definition) is 1. The lowest BCUT2D eigenvalue weighted by Gasteiger charge is -2.16. The van der Waals surface area contributed by atoms with Crippen LogP contribution in [-0.2, 0) is 6.54 Å². The Morgan fingerprint density at radius 1 is 1.19 bits per heavy atom. The predicted molar refractivity (Wildman–Crippen MR) is 87.5 cm³/mol. The molecule has 0 bridgehead atoms. The molecule has 0 aliphatic rings. The molecule has 116 valence electrons. The molecule has 0 fully saturated rings. The monoisotopic (exact) mass is 288 g/mol. The van der Waals surface area contributed by atoms with Gasteiger partial charge in [0.2, 0.25) is 0 Å². The summed E-state index contributed by atoms with van der Waals surface area (Å²) in [5, 5.41) is 8.24. The molecule has 2 aromatic rings. The third kappa shape index (κ3) is 3.97. The fraction of sp³-hybridized carbons (Fsp3) is 0.588. The van der Waals surface area contributed by atoms with Crippen molar-refractivity contribution in [3.05, 3.63) is 42.0 Å². The van der Waals surface area contributed by atoms with E-state index in [1.165, 1.54) is 5.69 Å². The van der Waals surface area contributed by atoms with E-state index in [0.717, 1.165) is 31.6 Å². The molecule has 2 unspecified atom stereocenters. The third-order valence-corrected chi connectivity index (χ3v) is 4.05.